The predicted molar refractivity (Wildman–Crippen MR) is 116 cm³/mol. The lowest BCUT2D eigenvalue weighted by Crippen LogP contribution is -2.30. The zero-order valence-corrected chi connectivity index (χ0v) is 17.7. The first kappa shape index (κ1) is 20.3. The highest BCUT2D eigenvalue weighted by molar-refractivity contribution is 5.51. The third-order valence-electron chi connectivity index (χ3n) is 6.20. The standard InChI is InChI=1S/C25H29N3O2/c1-3-7-20(22-8-6-15-29-22)23-17(2)30-25(27)21(16-26)24(23)18-9-11-19(12-10-18)28-13-4-5-14-28/h4-5,9-14,20,22,24H,3,6-8,15,27H2,1-2H3. The van der Waals surface area contributed by atoms with E-state index < -0.39 is 0 Å². The maximum absolute atomic E-state index is 9.95. The Morgan fingerprint density at radius 2 is 1.97 bits per heavy atom. The Balaban J connectivity index is 1.77. The van der Waals surface area contributed by atoms with Crippen LogP contribution in [0.15, 0.2) is 71.6 Å². The molecule has 3 heterocycles. The molecule has 0 radical (unpaired) electrons. The van der Waals surface area contributed by atoms with Crippen molar-refractivity contribution in [3.63, 3.8) is 0 Å². The van der Waals surface area contributed by atoms with E-state index in [0.29, 0.717) is 5.57 Å². The molecule has 0 aliphatic carbocycles. The highest BCUT2D eigenvalue weighted by atomic mass is 16.5. The number of allylic oxidation sites excluding steroid dienone is 2. The second kappa shape index (κ2) is 8.81. The van der Waals surface area contributed by atoms with Gasteiger partial charge in [0.2, 0.25) is 5.88 Å². The van der Waals surface area contributed by atoms with Gasteiger partial charge in [-0.25, -0.2) is 0 Å². The van der Waals surface area contributed by atoms with Gasteiger partial charge in [0.1, 0.15) is 17.4 Å². The molecule has 156 valence electrons. The molecule has 0 amide bonds. The van der Waals surface area contributed by atoms with Crippen LogP contribution in [0.2, 0.25) is 0 Å². The Bertz CT molecular complexity index is 974. The summed E-state index contributed by atoms with van der Waals surface area (Å²) in [5.74, 6) is 1.02. The van der Waals surface area contributed by atoms with E-state index in [-0.39, 0.29) is 23.8 Å². The van der Waals surface area contributed by atoms with E-state index in [4.69, 9.17) is 15.2 Å². The van der Waals surface area contributed by atoms with Crippen molar-refractivity contribution < 1.29 is 9.47 Å². The second-order valence-electron chi connectivity index (χ2n) is 8.06. The minimum absolute atomic E-state index is 0.166. The van der Waals surface area contributed by atoms with Crippen LogP contribution in [0.25, 0.3) is 5.69 Å². The summed E-state index contributed by atoms with van der Waals surface area (Å²) in [5.41, 5.74) is 9.94. The van der Waals surface area contributed by atoms with Gasteiger partial charge in [-0.05, 0) is 61.6 Å². The molecule has 1 fully saturated rings. The minimum Gasteiger partial charge on any atom is -0.445 e. The van der Waals surface area contributed by atoms with E-state index in [0.717, 1.165) is 54.9 Å². The Morgan fingerprint density at radius 3 is 2.57 bits per heavy atom. The number of benzene rings is 1. The van der Waals surface area contributed by atoms with Gasteiger partial charge in [0.25, 0.3) is 0 Å². The molecule has 1 aromatic heterocycles. The third kappa shape index (κ3) is 3.76. The SMILES string of the molecule is CCCC(C1=C(C)OC(N)=C(C#N)C1c1ccc(-n2cccc2)cc1)C1CCCO1. The quantitative estimate of drug-likeness (QED) is 0.723. The third-order valence-corrected chi connectivity index (χ3v) is 6.20. The van der Waals surface area contributed by atoms with E-state index in [9.17, 15) is 5.26 Å². The van der Waals surface area contributed by atoms with E-state index in [2.05, 4.69) is 41.8 Å². The average Bonchev–Trinajstić information content (AvgIpc) is 3.46. The van der Waals surface area contributed by atoms with Crippen LogP contribution in [0, 0.1) is 17.2 Å². The Morgan fingerprint density at radius 1 is 1.23 bits per heavy atom. The molecule has 1 saturated heterocycles. The zero-order chi connectivity index (χ0) is 21.1. The van der Waals surface area contributed by atoms with Gasteiger partial charge in [-0.1, -0.05) is 25.5 Å². The van der Waals surface area contributed by atoms with Crippen molar-refractivity contribution in [2.75, 3.05) is 6.61 Å². The normalized spacial score (nSPS) is 22.7. The fourth-order valence-corrected chi connectivity index (χ4v) is 4.84. The fourth-order valence-electron chi connectivity index (χ4n) is 4.84. The Kier molecular flexibility index (Phi) is 5.96. The highest BCUT2D eigenvalue weighted by Gasteiger charge is 2.39. The summed E-state index contributed by atoms with van der Waals surface area (Å²) in [6.45, 7) is 4.96. The molecule has 0 bridgehead atoms. The lowest BCUT2D eigenvalue weighted by atomic mass is 9.73. The Labute approximate surface area is 178 Å². The molecule has 0 spiro atoms. The average molecular weight is 404 g/mol. The molecule has 4 rings (SSSR count). The summed E-state index contributed by atoms with van der Waals surface area (Å²) in [6.07, 6.45) is 8.37. The summed E-state index contributed by atoms with van der Waals surface area (Å²) in [6, 6.07) is 14.7. The van der Waals surface area contributed by atoms with Crippen LogP contribution in [0.1, 0.15) is 51.0 Å². The number of nitriles is 1. The maximum atomic E-state index is 9.95. The van der Waals surface area contributed by atoms with Gasteiger partial charge in [0, 0.05) is 36.5 Å². The smallest absolute Gasteiger partial charge is 0.205 e. The minimum atomic E-state index is -0.205. The van der Waals surface area contributed by atoms with Crippen molar-refractivity contribution in [1.82, 2.24) is 4.57 Å². The van der Waals surface area contributed by atoms with Crippen molar-refractivity contribution in [2.45, 2.75) is 51.6 Å². The van der Waals surface area contributed by atoms with Gasteiger partial charge in [-0.3, -0.25) is 0 Å². The molecule has 2 aromatic rings. The van der Waals surface area contributed by atoms with Crippen molar-refractivity contribution in [3.8, 4) is 11.8 Å². The molecule has 0 saturated carbocycles. The molecule has 5 nitrogen and oxygen atoms in total. The molecule has 2 N–H and O–H groups in total. The molecule has 3 unspecified atom stereocenters. The van der Waals surface area contributed by atoms with E-state index in [1.807, 2.05) is 31.5 Å². The van der Waals surface area contributed by atoms with E-state index >= 15 is 0 Å². The van der Waals surface area contributed by atoms with Crippen molar-refractivity contribution in [2.24, 2.45) is 11.7 Å². The van der Waals surface area contributed by atoms with Gasteiger partial charge in [0.15, 0.2) is 0 Å². The van der Waals surface area contributed by atoms with Gasteiger partial charge < -0.3 is 19.8 Å². The Hall–Kier alpha value is -2.97. The number of hydrogen-bond acceptors (Lipinski definition) is 4. The van der Waals surface area contributed by atoms with Gasteiger partial charge >= 0.3 is 0 Å². The van der Waals surface area contributed by atoms with Crippen LogP contribution in [-0.2, 0) is 9.47 Å². The first-order valence-corrected chi connectivity index (χ1v) is 10.8. The number of rotatable bonds is 6. The summed E-state index contributed by atoms with van der Waals surface area (Å²) >= 11 is 0. The first-order valence-electron chi connectivity index (χ1n) is 10.8. The predicted octanol–water partition coefficient (Wildman–Crippen LogP) is 5.15. The second-order valence-corrected chi connectivity index (χ2v) is 8.06. The molecular weight excluding hydrogens is 374 g/mol. The van der Waals surface area contributed by atoms with Crippen LogP contribution < -0.4 is 5.73 Å². The summed E-state index contributed by atoms with van der Waals surface area (Å²) in [5, 5.41) is 9.95. The first-order chi connectivity index (χ1) is 14.6. The number of nitrogens with two attached hydrogens (primary N) is 1. The lowest BCUT2D eigenvalue weighted by Gasteiger charge is -2.35. The number of nitrogens with zero attached hydrogens (tertiary/aromatic N) is 2. The molecular formula is C25H29N3O2. The number of aromatic nitrogens is 1. The fraction of sp³-hybridized carbons (Fsp3) is 0.400. The van der Waals surface area contributed by atoms with Gasteiger partial charge in [-0.2, -0.15) is 5.26 Å². The maximum Gasteiger partial charge on any atom is 0.205 e. The largest absolute Gasteiger partial charge is 0.445 e. The van der Waals surface area contributed by atoms with Crippen LogP contribution in [-0.4, -0.2) is 17.3 Å². The molecule has 3 atom stereocenters. The molecule has 5 heteroatoms. The molecule has 2 aliphatic rings. The van der Waals surface area contributed by atoms with Gasteiger partial charge in [-0.15, -0.1) is 0 Å². The zero-order valence-electron chi connectivity index (χ0n) is 17.7. The van der Waals surface area contributed by atoms with Crippen LogP contribution in [0.5, 0.6) is 0 Å². The van der Waals surface area contributed by atoms with Crippen molar-refractivity contribution in [1.29, 1.82) is 5.26 Å². The molecule has 1 aromatic carbocycles. The highest BCUT2D eigenvalue weighted by Crippen LogP contribution is 2.46. The monoisotopic (exact) mass is 403 g/mol. The van der Waals surface area contributed by atoms with Crippen LogP contribution in [0.4, 0.5) is 0 Å². The van der Waals surface area contributed by atoms with Crippen molar-refractivity contribution in [3.05, 3.63) is 77.1 Å². The summed E-state index contributed by atoms with van der Waals surface area (Å²) in [4.78, 5) is 0. The van der Waals surface area contributed by atoms with Crippen LogP contribution in [0.3, 0.4) is 0 Å². The lowest BCUT2D eigenvalue weighted by molar-refractivity contribution is 0.0673. The van der Waals surface area contributed by atoms with E-state index in [1.165, 1.54) is 0 Å². The number of ether oxygens (including phenoxy) is 2. The summed E-state index contributed by atoms with van der Waals surface area (Å²) < 4.78 is 14.0. The van der Waals surface area contributed by atoms with Gasteiger partial charge in [0.05, 0.1) is 6.10 Å². The molecule has 30 heavy (non-hydrogen) atoms. The molecule has 2 aliphatic heterocycles. The van der Waals surface area contributed by atoms with Crippen molar-refractivity contribution >= 4 is 0 Å². The van der Waals surface area contributed by atoms with Crippen LogP contribution >= 0.6 is 0 Å². The topological polar surface area (TPSA) is 73.2 Å². The summed E-state index contributed by atoms with van der Waals surface area (Å²) in [7, 11) is 0. The number of hydrogen-bond donors (Lipinski definition) is 1. The van der Waals surface area contributed by atoms with E-state index in [1.54, 1.807) is 0 Å².